The zero-order chi connectivity index (χ0) is 35.6. The highest BCUT2D eigenvalue weighted by atomic mass is 16.3. The monoisotopic (exact) mass is 689 g/mol. The second kappa shape index (κ2) is 12.1. The van der Waals surface area contributed by atoms with E-state index in [2.05, 4.69) is 156 Å². The zero-order valence-corrected chi connectivity index (χ0v) is 29.1. The normalized spacial score (nSPS) is 11.7. The molecule has 0 N–H and O–H groups in total. The fourth-order valence-corrected chi connectivity index (χ4v) is 8.12. The van der Waals surface area contributed by atoms with Crippen molar-refractivity contribution in [3.63, 3.8) is 0 Å². The summed E-state index contributed by atoms with van der Waals surface area (Å²) in [6.07, 6.45) is 0. The van der Waals surface area contributed by atoms with Crippen molar-refractivity contribution in [3.8, 4) is 50.7 Å². The van der Waals surface area contributed by atoms with Gasteiger partial charge in [-0.2, -0.15) is 0 Å². The average Bonchev–Trinajstić information content (AvgIpc) is 3.79. The van der Waals surface area contributed by atoms with E-state index in [9.17, 15) is 0 Å². The molecular weight excluding hydrogens is 659 g/mol. The molecule has 0 amide bonds. The quantitative estimate of drug-likeness (QED) is 0.181. The van der Waals surface area contributed by atoms with Gasteiger partial charge in [-0.1, -0.05) is 133 Å². The fraction of sp³-hybridized carbons (Fsp3) is 0. The lowest BCUT2D eigenvalue weighted by Gasteiger charge is -2.15. The maximum Gasteiger partial charge on any atom is 0.160 e. The lowest BCUT2D eigenvalue weighted by atomic mass is 9.93. The van der Waals surface area contributed by atoms with Crippen LogP contribution in [0.3, 0.4) is 0 Å². The molecule has 4 heteroatoms. The Morgan fingerprint density at radius 1 is 0.352 bits per heavy atom. The second-order valence-corrected chi connectivity index (χ2v) is 13.8. The van der Waals surface area contributed by atoms with Gasteiger partial charge in [-0.15, -0.1) is 0 Å². The van der Waals surface area contributed by atoms with Crippen LogP contribution in [0.5, 0.6) is 0 Å². The van der Waals surface area contributed by atoms with E-state index in [4.69, 9.17) is 14.4 Å². The molecule has 0 aliphatic rings. The molecule has 0 atom stereocenters. The Hall–Kier alpha value is -7.30. The van der Waals surface area contributed by atoms with Gasteiger partial charge in [0.05, 0.1) is 22.4 Å². The Bertz CT molecular complexity index is 3170. The number of benzene rings is 8. The maximum absolute atomic E-state index is 6.16. The van der Waals surface area contributed by atoms with Gasteiger partial charge in [0, 0.05) is 43.9 Å². The maximum atomic E-state index is 6.16. The van der Waals surface area contributed by atoms with Crippen LogP contribution >= 0.6 is 0 Å². The molecule has 0 unspecified atom stereocenters. The van der Waals surface area contributed by atoms with Crippen LogP contribution in [-0.2, 0) is 0 Å². The van der Waals surface area contributed by atoms with E-state index in [0.29, 0.717) is 5.82 Å². The molecule has 0 saturated carbocycles. The minimum atomic E-state index is 0.687. The van der Waals surface area contributed by atoms with Crippen LogP contribution in [0.2, 0.25) is 0 Å². The number of hydrogen-bond donors (Lipinski definition) is 0. The van der Waals surface area contributed by atoms with Crippen LogP contribution in [0.1, 0.15) is 0 Å². The van der Waals surface area contributed by atoms with Crippen LogP contribution in [0, 0.1) is 0 Å². The summed E-state index contributed by atoms with van der Waals surface area (Å²) in [4.78, 5) is 10.4. The summed E-state index contributed by atoms with van der Waals surface area (Å²) in [5.74, 6) is 0.687. The molecule has 3 heterocycles. The van der Waals surface area contributed by atoms with Crippen LogP contribution in [0.25, 0.3) is 105 Å². The summed E-state index contributed by atoms with van der Waals surface area (Å²) in [7, 11) is 0. The van der Waals surface area contributed by atoms with Gasteiger partial charge in [-0.05, 0) is 76.5 Å². The number of rotatable bonds is 5. The van der Waals surface area contributed by atoms with Gasteiger partial charge >= 0.3 is 0 Å². The fourth-order valence-electron chi connectivity index (χ4n) is 8.12. The molecule has 11 rings (SSSR count). The van der Waals surface area contributed by atoms with Crippen molar-refractivity contribution >= 4 is 54.5 Å². The molecule has 11 aromatic rings. The third kappa shape index (κ3) is 4.85. The largest absolute Gasteiger partial charge is 0.456 e. The Labute approximate surface area is 311 Å². The van der Waals surface area contributed by atoms with Crippen molar-refractivity contribution in [2.75, 3.05) is 0 Å². The molecule has 4 nitrogen and oxygen atoms in total. The number of nitrogens with zero attached hydrogens (tertiary/aromatic N) is 3. The number of aromatic nitrogens is 3. The first-order chi connectivity index (χ1) is 26.8. The average molecular weight is 690 g/mol. The molecule has 0 saturated heterocycles. The van der Waals surface area contributed by atoms with Gasteiger partial charge in [-0.3, -0.25) is 0 Å². The van der Waals surface area contributed by atoms with E-state index in [1.807, 2.05) is 36.4 Å². The number of fused-ring (bicyclic) bond motifs is 7. The van der Waals surface area contributed by atoms with E-state index in [1.54, 1.807) is 0 Å². The van der Waals surface area contributed by atoms with Crippen LogP contribution < -0.4 is 0 Å². The Kier molecular flexibility index (Phi) is 6.82. The van der Waals surface area contributed by atoms with E-state index >= 15 is 0 Å². The number of hydrogen-bond acceptors (Lipinski definition) is 3. The standard InChI is InChI=1S/C50H31N3O/c1-2-13-32(14-3-1)50-51-44(34-25-28-49-43(30-34)42-21-8-11-24-48(42)54-49)31-45(52-50)39-27-26-36(37-17-4-5-18-38(37)39)33-15-12-16-35(29-33)53-46-22-9-6-19-40(46)41-20-7-10-23-47(41)53/h1-31H. The van der Waals surface area contributed by atoms with Crippen molar-refractivity contribution < 1.29 is 4.42 Å². The molecular formula is C50H31N3O. The van der Waals surface area contributed by atoms with Crippen molar-refractivity contribution in [1.82, 2.24) is 14.5 Å². The van der Waals surface area contributed by atoms with E-state index < -0.39 is 0 Å². The predicted octanol–water partition coefficient (Wildman–Crippen LogP) is 13.3. The van der Waals surface area contributed by atoms with Crippen molar-refractivity contribution in [1.29, 1.82) is 0 Å². The second-order valence-electron chi connectivity index (χ2n) is 13.8. The lowest BCUT2D eigenvalue weighted by molar-refractivity contribution is 0.669. The first-order valence-electron chi connectivity index (χ1n) is 18.2. The van der Waals surface area contributed by atoms with Crippen molar-refractivity contribution in [2.24, 2.45) is 0 Å². The molecule has 8 aromatic carbocycles. The third-order valence-electron chi connectivity index (χ3n) is 10.6. The Balaban J connectivity index is 1.08. The zero-order valence-electron chi connectivity index (χ0n) is 29.1. The predicted molar refractivity (Wildman–Crippen MR) is 223 cm³/mol. The third-order valence-corrected chi connectivity index (χ3v) is 10.6. The molecule has 0 fully saturated rings. The molecule has 252 valence electrons. The van der Waals surface area contributed by atoms with Gasteiger partial charge < -0.3 is 8.98 Å². The SMILES string of the molecule is c1ccc(-c2nc(-c3ccc4oc5ccccc5c4c3)cc(-c3ccc(-c4cccc(-n5c6ccccc6c6ccccc65)c4)c4ccccc34)n2)cc1. The van der Waals surface area contributed by atoms with Crippen molar-refractivity contribution in [3.05, 3.63) is 188 Å². The highest BCUT2D eigenvalue weighted by Gasteiger charge is 2.17. The summed E-state index contributed by atoms with van der Waals surface area (Å²) < 4.78 is 8.53. The minimum absolute atomic E-state index is 0.687. The van der Waals surface area contributed by atoms with Gasteiger partial charge in [0.2, 0.25) is 0 Å². The molecule has 0 spiro atoms. The first kappa shape index (κ1) is 30.3. The molecule has 3 aromatic heterocycles. The summed E-state index contributed by atoms with van der Waals surface area (Å²) in [6, 6.07) is 66.2. The van der Waals surface area contributed by atoms with Crippen LogP contribution in [0.15, 0.2) is 192 Å². The van der Waals surface area contributed by atoms with Gasteiger partial charge in [0.15, 0.2) is 5.82 Å². The number of furan rings is 1. The highest BCUT2D eigenvalue weighted by Crippen LogP contribution is 2.39. The highest BCUT2D eigenvalue weighted by molar-refractivity contribution is 6.10. The first-order valence-corrected chi connectivity index (χ1v) is 18.2. The van der Waals surface area contributed by atoms with Gasteiger partial charge in [0.25, 0.3) is 0 Å². The van der Waals surface area contributed by atoms with Crippen LogP contribution in [-0.4, -0.2) is 14.5 Å². The molecule has 0 aliphatic heterocycles. The van der Waals surface area contributed by atoms with Gasteiger partial charge in [-0.25, -0.2) is 9.97 Å². The minimum Gasteiger partial charge on any atom is -0.456 e. The summed E-state index contributed by atoms with van der Waals surface area (Å²) in [5.41, 5.74) is 12.4. The van der Waals surface area contributed by atoms with Gasteiger partial charge in [0.1, 0.15) is 11.2 Å². The molecule has 54 heavy (non-hydrogen) atoms. The van der Waals surface area contributed by atoms with E-state index in [1.165, 1.54) is 32.8 Å². The molecule has 0 bridgehead atoms. The van der Waals surface area contributed by atoms with E-state index in [0.717, 1.165) is 66.7 Å². The van der Waals surface area contributed by atoms with Crippen molar-refractivity contribution in [2.45, 2.75) is 0 Å². The van der Waals surface area contributed by atoms with Crippen LogP contribution in [0.4, 0.5) is 0 Å². The summed E-state index contributed by atoms with van der Waals surface area (Å²) in [6.45, 7) is 0. The number of para-hydroxylation sites is 3. The lowest BCUT2D eigenvalue weighted by Crippen LogP contribution is -1.97. The Morgan fingerprint density at radius 3 is 1.72 bits per heavy atom. The smallest absolute Gasteiger partial charge is 0.160 e. The summed E-state index contributed by atoms with van der Waals surface area (Å²) >= 11 is 0. The van der Waals surface area contributed by atoms with E-state index in [-0.39, 0.29) is 0 Å². The summed E-state index contributed by atoms with van der Waals surface area (Å²) in [5, 5.41) is 6.98. The molecule has 0 radical (unpaired) electrons. The Morgan fingerprint density at radius 2 is 0.944 bits per heavy atom. The molecule has 0 aliphatic carbocycles. The topological polar surface area (TPSA) is 43.9 Å².